The van der Waals surface area contributed by atoms with Gasteiger partial charge in [-0.3, -0.25) is 0 Å². The SMILES string of the molecule is Cc1c(Oc2nc(Cl)nc(Cl)n2)cccc1Oc1nc(Cl)nc(Cl)n1. The number of aromatic nitrogens is 6. The molecule has 25 heavy (non-hydrogen) atoms. The van der Waals surface area contributed by atoms with E-state index >= 15 is 0 Å². The summed E-state index contributed by atoms with van der Waals surface area (Å²) in [6.07, 6.45) is 0. The van der Waals surface area contributed by atoms with E-state index in [4.69, 9.17) is 55.9 Å². The van der Waals surface area contributed by atoms with Crippen LogP contribution >= 0.6 is 46.4 Å². The Kier molecular flexibility index (Phi) is 5.33. The molecule has 0 atom stereocenters. The lowest BCUT2D eigenvalue weighted by atomic mass is 10.2. The van der Waals surface area contributed by atoms with E-state index < -0.39 is 0 Å². The number of ether oxygens (including phenoxy) is 2. The van der Waals surface area contributed by atoms with E-state index in [9.17, 15) is 0 Å². The lowest BCUT2D eigenvalue weighted by molar-refractivity contribution is 0.414. The molecule has 0 aliphatic carbocycles. The first-order chi connectivity index (χ1) is 11.9. The molecule has 3 aromatic rings. The van der Waals surface area contributed by atoms with Crippen LogP contribution in [0.2, 0.25) is 21.1 Å². The molecule has 2 aromatic heterocycles. The molecule has 0 aliphatic rings. The van der Waals surface area contributed by atoms with Gasteiger partial charge >= 0.3 is 12.0 Å². The Morgan fingerprint density at radius 3 is 1.36 bits per heavy atom. The molecule has 12 heteroatoms. The summed E-state index contributed by atoms with van der Waals surface area (Å²) in [7, 11) is 0. The van der Waals surface area contributed by atoms with Crippen molar-refractivity contribution in [1.29, 1.82) is 0 Å². The van der Waals surface area contributed by atoms with Crippen LogP contribution in [0.3, 0.4) is 0 Å². The van der Waals surface area contributed by atoms with Crippen molar-refractivity contribution in [2.24, 2.45) is 0 Å². The van der Waals surface area contributed by atoms with E-state index in [1.165, 1.54) is 0 Å². The van der Waals surface area contributed by atoms with Crippen molar-refractivity contribution in [1.82, 2.24) is 29.9 Å². The van der Waals surface area contributed by atoms with Crippen LogP contribution in [0, 0.1) is 6.92 Å². The van der Waals surface area contributed by atoms with E-state index in [1.807, 2.05) is 0 Å². The summed E-state index contributed by atoms with van der Waals surface area (Å²) in [6.45, 7) is 1.75. The summed E-state index contributed by atoms with van der Waals surface area (Å²) in [5.74, 6) is 0.809. The maximum atomic E-state index is 5.73. The van der Waals surface area contributed by atoms with Gasteiger partial charge in [0, 0.05) is 5.56 Å². The second kappa shape index (κ2) is 7.49. The van der Waals surface area contributed by atoms with Crippen LogP contribution in [-0.2, 0) is 0 Å². The standard InChI is InChI=1S/C13H6Cl4N6O2/c1-5-6(24-12-20-8(14)18-9(15)21-12)3-2-4-7(5)25-13-22-10(16)19-11(17)23-13/h2-4H,1H3. The second-order valence-electron chi connectivity index (χ2n) is 4.40. The predicted octanol–water partition coefficient (Wildman–Crippen LogP) is 4.56. The van der Waals surface area contributed by atoms with E-state index in [1.54, 1.807) is 25.1 Å². The molecule has 0 saturated heterocycles. The van der Waals surface area contributed by atoms with Crippen LogP contribution in [0.25, 0.3) is 0 Å². The smallest absolute Gasteiger partial charge is 0.327 e. The summed E-state index contributed by atoms with van der Waals surface area (Å²) in [5, 5.41) is -0.354. The Hall–Kier alpha value is -2.00. The molecule has 0 spiro atoms. The maximum absolute atomic E-state index is 5.73. The lowest BCUT2D eigenvalue weighted by Gasteiger charge is -2.11. The minimum absolute atomic E-state index is 0.0588. The van der Waals surface area contributed by atoms with Crippen LogP contribution < -0.4 is 9.47 Å². The molecule has 0 unspecified atom stereocenters. The Morgan fingerprint density at radius 2 is 1.00 bits per heavy atom. The molecule has 8 nitrogen and oxygen atoms in total. The fourth-order valence-electron chi connectivity index (χ4n) is 1.72. The number of nitrogens with zero attached hydrogens (tertiary/aromatic N) is 6. The topological polar surface area (TPSA) is 95.8 Å². The van der Waals surface area contributed by atoms with Crippen molar-refractivity contribution < 1.29 is 9.47 Å². The summed E-state index contributed by atoms with van der Waals surface area (Å²) < 4.78 is 11.2. The fourth-order valence-corrected chi connectivity index (χ4v) is 2.42. The molecule has 0 N–H and O–H groups in total. The highest BCUT2D eigenvalue weighted by molar-refractivity contribution is 6.31. The van der Waals surface area contributed by atoms with Gasteiger partial charge in [-0.2, -0.15) is 29.9 Å². The van der Waals surface area contributed by atoms with Gasteiger partial charge in [0.1, 0.15) is 11.5 Å². The predicted molar refractivity (Wildman–Crippen MR) is 91.0 cm³/mol. The molecular formula is C13H6Cl4N6O2. The zero-order valence-corrected chi connectivity index (χ0v) is 15.3. The van der Waals surface area contributed by atoms with Gasteiger partial charge in [0.15, 0.2) is 0 Å². The van der Waals surface area contributed by atoms with Crippen molar-refractivity contribution >= 4 is 46.4 Å². The van der Waals surface area contributed by atoms with E-state index in [0.29, 0.717) is 17.1 Å². The molecule has 1 aromatic carbocycles. The largest absolute Gasteiger partial charge is 0.424 e. The zero-order valence-electron chi connectivity index (χ0n) is 12.2. The lowest BCUT2D eigenvalue weighted by Crippen LogP contribution is -1.99. The third-order valence-electron chi connectivity index (χ3n) is 2.76. The van der Waals surface area contributed by atoms with Crippen LogP contribution in [0.4, 0.5) is 0 Å². The minimum atomic E-state index is -0.0884. The average molecular weight is 420 g/mol. The quantitative estimate of drug-likeness (QED) is 0.606. The van der Waals surface area contributed by atoms with Gasteiger partial charge in [-0.25, -0.2) is 0 Å². The van der Waals surface area contributed by atoms with E-state index in [2.05, 4.69) is 29.9 Å². The van der Waals surface area contributed by atoms with Crippen LogP contribution in [0.5, 0.6) is 23.5 Å². The second-order valence-corrected chi connectivity index (χ2v) is 5.75. The number of hydrogen-bond acceptors (Lipinski definition) is 8. The van der Waals surface area contributed by atoms with Gasteiger partial charge in [0.05, 0.1) is 0 Å². The highest BCUT2D eigenvalue weighted by Gasteiger charge is 2.13. The van der Waals surface area contributed by atoms with E-state index in [0.717, 1.165) is 0 Å². The van der Waals surface area contributed by atoms with Gasteiger partial charge in [0.2, 0.25) is 21.1 Å². The summed E-state index contributed by atoms with van der Waals surface area (Å²) in [6, 6.07) is 4.93. The molecule has 3 rings (SSSR count). The highest BCUT2D eigenvalue weighted by Crippen LogP contribution is 2.32. The van der Waals surface area contributed by atoms with Crippen molar-refractivity contribution in [3.05, 3.63) is 44.9 Å². The van der Waals surface area contributed by atoms with Gasteiger partial charge < -0.3 is 9.47 Å². The van der Waals surface area contributed by atoms with Gasteiger partial charge in [0.25, 0.3) is 0 Å². The normalized spacial score (nSPS) is 10.6. The molecular weight excluding hydrogens is 414 g/mol. The van der Waals surface area contributed by atoms with Gasteiger partial charge in [-0.15, -0.1) is 0 Å². The summed E-state index contributed by atoms with van der Waals surface area (Å²) in [4.78, 5) is 22.6. The van der Waals surface area contributed by atoms with Crippen LogP contribution in [0.15, 0.2) is 18.2 Å². The van der Waals surface area contributed by atoms with Crippen molar-refractivity contribution in [2.75, 3.05) is 0 Å². The molecule has 2 heterocycles. The van der Waals surface area contributed by atoms with Gasteiger partial charge in [-0.1, -0.05) is 6.07 Å². The minimum Gasteiger partial charge on any atom is -0.424 e. The van der Waals surface area contributed by atoms with E-state index in [-0.39, 0.29) is 33.2 Å². The third kappa shape index (κ3) is 4.55. The molecule has 0 fully saturated rings. The number of halogens is 4. The number of benzene rings is 1. The fraction of sp³-hybridized carbons (Fsp3) is 0.0769. The molecule has 0 radical (unpaired) electrons. The third-order valence-corrected chi connectivity index (χ3v) is 3.43. The van der Waals surface area contributed by atoms with Crippen molar-refractivity contribution in [3.63, 3.8) is 0 Å². The molecule has 128 valence electrons. The average Bonchev–Trinajstić information content (AvgIpc) is 2.49. The Bertz CT molecular complexity index is 830. The first-order valence-electron chi connectivity index (χ1n) is 6.50. The maximum Gasteiger partial charge on any atom is 0.327 e. The van der Waals surface area contributed by atoms with Crippen LogP contribution in [0.1, 0.15) is 5.56 Å². The monoisotopic (exact) mass is 418 g/mol. The Labute approximate surface area is 161 Å². The first kappa shape index (κ1) is 17.8. The van der Waals surface area contributed by atoms with Crippen LogP contribution in [-0.4, -0.2) is 29.9 Å². The number of rotatable bonds is 4. The highest BCUT2D eigenvalue weighted by atomic mass is 35.5. The molecule has 0 bridgehead atoms. The molecule has 0 aliphatic heterocycles. The molecule has 0 amide bonds. The number of hydrogen-bond donors (Lipinski definition) is 0. The summed E-state index contributed by atoms with van der Waals surface area (Å²) in [5.41, 5.74) is 0.614. The van der Waals surface area contributed by atoms with Crippen molar-refractivity contribution in [2.45, 2.75) is 6.92 Å². The van der Waals surface area contributed by atoms with Gasteiger partial charge in [-0.05, 0) is 65.5 Å². The van der Waals surface area contributed by atoms with Crippen molar-refractivity contribution in [3.8, 4) is 23.5 Å². The molecule has 0 saturated carbocycles. The zero-order chi connectivity index (χ0) is 18.0. The Balaban J connectivity index is 1.89. The Morgan fingerprint density at radius 1 is 0.640 bits per heavy atom. The first-order valence-corrected chi connectivity index (χ1v) is 8.01. The summed E-state index contributed by atoms with van der Waals surface area (Å²) >= 11 is 22.9.